The van der Waals surface area contributed by atoms with E-state index in [0.717, 1.165) is 30.6 Å². The molecule has 8 atom stereocenters. The number of hydrogen-bond donors (Lipinski definition) is 0. The number of esters is 1. The average molecular weight is 443 g/mol. The fourth-order valence-corrected chi connectivity index (χ4v) is 9.14. The molecule has 0 radical (unpaired) electrons. The highest BCUT2D eigenvalue weighted by Crippen LogP contribution is 2.75. The molecule has 32 heavy (non-hydrogen) atoms. The van der Waals surface area contributed by atoms with Crippen LogP contribution in [0, 0.1) is 34.5 Å². The van der Waals surface area contributed by atoms with E-state index in [1.165, 1.54) is 57.8 Å². The first-order valence-electron chi connectivity index (χ1n) is 13.7. The number of ether oxygens (including phenoxy) is 2. The van der Waals surface area contributed by atoms with Gasteiger partial charge in [-0.25, -0.2) is 0 Å². The van der Waals surface area contributed by atoms with E-state index in [1.54, 1.807) is 18.1 Å². The third kappa shape index (κ3) is 3.27. The Hall–Kier alpha value is -0.830. The van der Waals surface area contributed by atoms with Crippen LogP contribution >= 0.6 is 0 Å². The average Bonchev–Trinajstić information content (AvgIpc) is 3.37. The van der Waals surface area contributed by atoms with Crippen molar-refractivity contribution in [3.8, 4) is 0 Å². The summed E-state index contributed by atoms with van der Waals surface area (Å²) in [6.45, 7) is 13.9. The van der Waals surface area contributed by atoms with Gasteiger partial charge in [0.2, 0.25) is 0 Å². The third-order valence-electron chi connectivity index (χ3n) is 10.9. The largest absolute Gasteiger partial charge is 0.463 e. The van der Waals surface area contributed by atoms with Gasteiger partial charge in [0.15, 0.2) is 0 Å². The first-order valence-corrected chi connectivity index (χ1v) is 13.7. The number of rotatable bonds is 6. The maximum Gasteiger partial charge on any atom is 0.302 e. The zero-order valence-corrected chi connectivity index (χ0v) is 21.5. The fraction of sp³-hybridized carbons (Fsp3) is 0.897. The van der Waals surface area contributed by atoms with Crippen LogP contribution in [0.25, 0.3) is 0 Å². The Morgan fingerprint density at radius 3 is 2.56 bits per heavy atom. The minimum atomic E-state index is -0.115. The minimum absolute atomic E-state index is 0.0677. The van der Waals surface area contributed by atoms with Gasteiger partial charge in [-0.05, 0) is 86.0 Å². The summed E-state index contributed by atoms with van der Waals surface area (Å²) in [5, 5.41) is 0. The lowest BCUT2D eigenvalue weighted by molar-refractivity contribution is -0.150. The van der Waals surface area contributed by atoms with Crippen LogP contribution in [0.3, 0.4) is 0 Å². The molecule has 1 aliphatic heterocycles. The van der Waals surface area contributed by atoms with Crippen LogP contribution in [0.15, 0.2) is 11.1 Å². The quantitative estimate of drug-likeness (QED) is 0.247. The van der Waals surface area contributed by atoms with Crippen LogP contribution in [0.1, 0.15) is 112 Å². The first-order chi connectivity index (χ1) is 15.1. The monoisotopic (exact) mass is 442 g/mol. The second kappa shape index (κ2) is 7.85. The molecule has 3 nitrogen and oxygen atoms in total. The Morgan fingerprint density at radius 2 is 1.84 bits per heavy atom. The van der Waals surface area contributed by atoms with Crippen molar-refractivity contribution >= 4 is 5.97 Å². The number of hydrogen-bond acceptors (Lipinski definition) is 3. The van der Waals surface area contributed by atoms with Gasteiger partial charge in [-0.2, -0.15) is 0 Å². The lowest BCUT2D eigenvalue weighted by Gasteiger charge is -2.55. The number of carbonyl (C=O) groups is 1. The van der Waals surface area contributed by atoms with Crippen LogP contribution in [0.4, 0.5) is 0 Å². The maximum atomic E-state index is 11.5. The van der Waals surface area contributed by atoms with Gasteiger partial charge in [0.25, 0.3) is 0 Å². The summed E-state index contributed by atoms with van der Waals surface area (Å²) in [4.78, 5) is 11.5. The van der Waals surface area contributed by atoms with Crippen molar-refractivity contribution in [3.05, 3.63) is 11.1 Å². The molecule has 0 aromatic carbocycles. The highest BCUT2D eigenvalue weighted by Gasteiger charge is 2.78. The Kier molecular flexibility index (Phi) is 5.63. The molecule has 0 aromatic heterocycles. The molecular weight excluding hydrogens is 396 g/mol. The van der Waals surface area contributed by atoms with E-state index in [4.69, 9.17) is 9.47 Å². The Labute approximate surface area is 196 Å². The highest BCUT2D eigenvalue weighted by atomic mass is 16.6. The van der Waals surface area contributed by atoms with E-state index in [1.807, 2.05) is 0 Å². The molecule has 2 saturated carbocycles. The number of epoxide rings is 1. The summed E-state index contributed by atoms with van der Waals surface area (Å²) in [6, 6.07) is 0. The van der Waals surface area contributed by atoms with Gasteiger partial charge in [0.1, 0.15) is 11.7 Å². The van der Waals surface area contributed by atoms with E-state index >= 15 is 0 Å². The Morgan fingerprint density at radius 1 is 1.06 bits per heavy atom. The van der Waals surface area contributed by atoms with Crippen LogP contribution in [0.2, 0.25) is 0 Å². The van der Waals surface area contributed by atoms with Crippen molar-refractivity contribution < 1.29 is 14.3 Å². The second-order valence-electron chi connectivity index (χ2n) is 13.0. The molecule has 1 saturated heterocycles. The summed E-state index contributed by atoms with van der Waals surface area (Å²) in [5.74, 6) is 2.98. The predicted molar refractivity (Wildman–Crippen MR) is 128 cm³/mol. The first kappa shape index (κ1) is 22.9. The molecule has 3 fully saturated rings. The molecule has 5 rings (SSSR count). The van der Waals surface area contributed by atoms with E-state index in [9.17, 15) is 4.79 Å². The Balaban J connectivity index is 1.37. The molecule has 1 spiro atoms. The molecule has 4 aliphatic carbocycles. The summed E-state index contributed by atoms with van der Waals surface area (Å²) in [5.41, 5.74) is 4.18. The van der Waals surface area contributed by atoms with Crippen molar-refractivity contribution in [2.75, 3.05) is 0 Å². The molecule has 5 aliphatic rings. The molecule has 3 heteroatoms. The van der Waals surface area contributed by atoms with Crippen molar-refractivity contribution in [2.45, 2.75) is 130 Å². The molecule has 0 bridgehead atoms. The summed E-state index contributed by atoms with van der Waals surface area (Å²) < 4.78 is 12.4. The predicted octanol–water partition coefficient (Wildman–Crippen LogP) is 7.23. The molecule has 1 heterocycles. The fourth-order valence-electron chi connectivity index (χ4n) is 9.14. The van der Waals surface area contributed by atoms with Crippen LogP contribution in [-0.2, 0) is 14.3 Å². The standard InChI is InChI=1S/C29H46O3/c1-18(2)8-7-9-19(3)25-17-26-29(32-26)24-11-10-21-16-22(31-20(4)30)12-14-27(21,5)23(24)13-15-28(25,29)6/h18-19,21-22,25-26H,7-17H2,1-6H3/t19-,21+,22+,25-,26+,27+,28-,29+/m1/s1. The summed E-state index contributed by atoms with van der Waals surface area (Å²) >= 11 is 0. The van der Waals surface area contributed by atoms with Gasteiger partial charge in [0.05, 0.1) is 6.10 Å². The second-order valence-corrected chi connectivity index (χ2v) is 13.0. The lowest BCUT2D eigenvalue weighted by Crippen LogP contribution is -2.50. The number of carbonyl (C=O) groups excluding carboxylic acids is 1. The van der Waals surface area contributed by atoms with E-state index in [2.05, 4.69) is 34.6 Å². The van der Waals surface area contributed by atoms with Crippen molar-refractivity contribution in [3.63, 3.8) is 0 Å². The van der Waals surface area contributed by atoms with Gasteiger partial charge in [-0.1, -0.05) is 59.5 Å². The van der Waals surface area contributed by atoms with Gasteiger partial charge in [0, 0.05) is 12.3 Å². The van der Waals surface area contributed by atoms with Crippen LogP contribution in [0.5, 0.6) is 0 Å². The van der Waals surface area contributed by atoms with Gasteiger partial charge in [-0.3, -0.25) is 4.79 Å². The third-order valence-corrected chi connectivity index (χ3v) is 10.9. The number of fused-ring (bicyclic) bond motifs is 2. The van der Waals surface area contributed by atoms with E-state index in [-0.39, 0.29) is 23.1 Å². The van der Waals surface area contributed by atoms with Crippen molar-refractivity contribution in [1.29, 1.82) is 0 Å². The smallest absolute Gasteiger partial charge is 0.302 e. The molecular formula is C29H46O3. The Bertz CT molecular complexity index is 798. The summed E-state index contributed by atoms with van der Waals surface area (Å²) in [6.07, 6.45) is 14.3. The summed E-state index contributed by atoms with van der Waals surface area (Å²) in [7, 11) is 0. The van der Waals surface area contributed by atoms with E-state index in [0.29, 0.717) is 17.4 Å². The van der Waals surface area contributed by atoms with Gasteiger partial charge in [-0.15, -0.1) is 0 Å². The van der Waals surface area contributed by atoms with Gasteiger partial charge >= 0.3 is 5.97 Å². The zero-order valence-electron chi connectivity index (χ0n) is 21.5. The number of allylic oxidation sites excluding steroid dienone is 1. The molecule has 0 N–H and O–H groups in total. The van der Waals surface area contributed by atoms with Crippen LogP contribution < -0.4 is 0 Å². The van der Waals surface area contributed by atoms with Crippen molar-refractivity contribution in [2.24, 2.45) is 34.5 Å². The highest BCUT2D eigenvalue weighted by molar-refractivity contribution is 5.66. The SMILES string of the molecule is CC(=O)O[C@H]1CC[C@]2(C)C3=C(CC[C@H]2C1)[C@]12O[C@H]1C[C@H]([C@H](C)CCCC(C)C)[C@@]2(C)CC3. The van der Waals surface area contributed by atoms with Gasteiger partial charge < -0.3 is 9.47 Å². The topological polar surface area (TPSA) is 38.8 Å². The maximum absolute atomic E-state index is 11.5. The molecule has 0 aromatic rings. The normalized spacial score (nSPS) is 45.6. The minimum Gasteiger partial charge on any atom is -0.463 e. The van der Waals surface area contributed by atoms with Crippen LogP contribution in [-0.4, -0.2) is 23.8 Å². The van der Waals surface area contributed by atoms with E-state index < -0.39 is 0 Å². The zero-order chi connectivity index (χ0) is 22.9. The molecule has 0 unspecified atom stereocenters. The molecule has 0 amide bonds. The van der Waals surface area contributed by atoms with Crippen molar-refractivity contribution in [1.82, 2.24) is 0 Å². The lowest BCUT2D eigenvalue weighted by atomic mass is 9.50. The molecule has 180 valence electrons.